The van der Waals surface area contributed by atoms with Crippen LogP contribution in [0.2, 0.25) is 0 Å². The molecule has 1 aromatic carbocycles. The first-order chi connectivity index (χ1) is 12.4. The molecule has 0 unspecified atom stereocenters. The first kappa shape index (κ1) is 18.0. The van der Waals surface area contributed by atoms with E-state index in [9.17, 15) is 13.2 Å². The van der Waals surface area contributed by atoms with Crippen LogP contribution in [0.5, 0.6) is 0 Å². The first-order valence-electron chi connectivity index (χ1n) is 7.50. The number of alkyl halides is 3. The molecule has 0 bridgehead atoms. The van der Waals surface area contributed by atoms with Gasteiger partial charge < -0.3 is 4.42 Å². The van der Waals surface area contributed by atoms with Crippen LogP contribution >= 0.6 is 11.8 Å². The van der Waals surface area contributed by atoms with E-state index in [2.05, 4.69) is 9.97 Å². The van der Waals surface area contributed by atoms with Crippen molar-refractivity contribution in [3.8, 4) is 17.5 Å². The number of halogens is 3. The highest BCUT2D eigenvalue weighted by Gasteiger charge is 2.35. The Morgan fingerprint density at radius 2 is 1.92 bits per heavy atom. The summed E-state index contributed by atoms with van der Waals surface area (Å²) in [4.78, 5) is 8.40. The molecule has 0 aliphatic heterocycles. The van der Waals surface area contributed by atoms with E-state index in [0.717, 1.165) is 23.4 Å². The Hall–Kier alpha value is -2.79. The molecule has 2 aromatic heterocycles. The minimum Gasteiger partial charge on any atom is -0.444 e. The van der Waals surface area contributed by atoms with Gasteiger partial charge in [-0.25, -0.2) is 9.97 Å². The predicted octanol–water partition coefficient (Wildman–Crippen LogP) is 5.23. The number of rotatable bonds is 4. The minimum atomic E-state index is -4.61. The van der Waals surface area contributed by atoms with Gasteiger partial charge >= 0.3 is 6.18 Å². The molecule has 0 atom stereocenters. The summed E-state index contributed by atoms with van der Waals surface area (Å²) in [6.07, 6.45) is -3.16. The Bertz CT molecular complexity index is 962. The van der Waals surface area contributed by atoms with Crippen LogP contribution in [0.25, 0.3) is 11.5 Å². The smallest absolute Gasteiger partial charge is 0.417 e. The third kappa shape index (κ3) is 3.89. The van der Waals surface area contributed by atoms with Gasteiger partial charge in [0.25, 0.3) is 0 Å². The number of nitrogens with zero attached hydrogens (tertiary/aromatic N) is 3. The maximum absolute atomic E-state index is 13.1. The van der Waals surface area contributed by atoms with Gasteiger partial charge in [-0.15, -0.1) is 0 Å². The molecule has 0 aliphatic carbocycles. The summed E-state index contributed by atoms with van der Waals surface area (Å²) in [6.45, 7) is 1.46. The second kappa shape index (κ2) is 7.22. The Morgan fingerprint density at radius 3 is 2.58 bits per heavy atom. The zero-order valence-electron chi connectivity index (χ0n) is 13.5. The molecule has 3 rings (SSSR count). The standard InChI is InChI=1S/C18H12F3N3OS/c1-11-7-15(18(19,20)21)14(8-22)17(23-11)26-10-13-9-25-16(24-13)12-5-3-2-4-6-12/h2-7,9H,10H2,1H3. The molecule has 0 saturated carbocycles. The number of thioether (sulfide) groups is 1. The van der Waals surface area contributed by atoms with Gasteiger partial charge in [-0.2, -0.15) is 18.4 Å². The van der Waals surface area contributed by atoms with Crippen LogP contribution in [-0.2, 0) is 11.9 Å². The molecule has 132 valence electrons. The number of pyridine rings is 1. The fourth-order valence-electron chi connectivity index (χ4n) is 2.31. The Labute approximate surface area is 151 Å². The number of hydrogen-bond acceptors (Lipinski definition) is 5. The number of benzene rings is 1. The Balaban J connectivity index is 1.84. The lowest BCUT2D eigenvalue weighted by molar-refractivity contribution is -0.138. The SMILES string of the molecule is Cc1cc(C(F)(F)F)c(C#N)c(SCc2coc(-c3ccccc3)n2)n1. The summed E-state index contributed by atoms with van der Waals surface area (Å²) in [5.41, 5.74) is 0.105. The Morgan fingerprint density at radius 1 is 1.19 bits per heavy atom. The highest BCUT2D eigenvalue weighted by Crippen LogP contribution is 2.36. The average Bonchev–Trinajstić information content (AvgIpc) is 3.08. The molecule has 0 amide bonds. The number of aromatic nitrogens is 2. The van der Waals surface area contributed by atoms with Gasteiger partial charge in [0.05, 0.1) is 16.8 Å². The topological polar surface area (TPSA) is 62.7 Å². The van der Waals surface area contributed by atoms with Gasteiger partial charge in [0, 0.05) is 17.0 Å². The molecule has 8 heteroatoms. The van der Waals surface area contributed by atoms with Crippen molar-refractivity contribution >= 4 is 11.8 Å². The molecule has 0 spiro atoms. The third-order valence-electron chi connectivity index (χ3n) is 3.46. The van der Waals surface area contributed by atoms with Crippen LogP contribution in [0.3, 0.4) is 0 Å². The lowest BCUT2D eigenvalue weighted by atomic mass is 10.1. The predicted molar refractivity (Wildman–Crippen MR) is 90.2 cm³/mol. The van der Waals surface area contributed by atoms with Gasteiger partial charge in [-0.05, 0) is 25.1 Å². The number of hydrogen-bond donors (Lipinski definition) is 0. The van der Waals surface area contributed by atoms with E-state index in [4.69, 9.17) is 9.68 Å². The number of aryl methyl sites for hydroxylation is 1. The number of oxazole rings is 1. The van der Waals surface area contributed by atoms with Crippen molar-refractivity contribution in [1.29, 1.82) is 5.26 Å². The molecule has 0 saturated heterocycles. The minimum absolute atomic E-state index is 0.0316. The molecule has 2 heterocycles. The van der Waals surface area contributed by atoms with Crippen molar-refractivity contribution in [2.45, 2.75) is 23.9 Å². The third-order valence-corrected chi connectivity index (χ3v) is 4.47. The van der Waals surface area contributed by atoms with Gasteiger partial charge in [0.2, 0.25) is 5.89 Å². The zero-order valence-corrected chi connectivity index (χ0v) is 14.4. The van der Waals surface area contributed by atoms with Crippen molar-refractivity contribution in [3.63, 3.8) is 0 Å². The van der Waals surface area contributed by atoms with Crippen molar-refractivity contribution < 1.29 is 17.6 Å². The molecule has 26 heavy (non-hydrogen) atoms. The normalized spacial score (nSPS) is 11.3. The molecular formula is C18H12F3N3OS. The fraction of sp³-hybridized carbons (Fsp3) is 0.167. The van der Waals surface area contributed by atoms with E-state index in [1.807, 2.05) is 30.3 Å². The second-order valence-corrected chi connectivity index (χ2v) is 6.36. The lowest BCUT2D eigenvalue weighted by Gasteiger charge is -2.12. The van der Waals surface area contributed by atoms with E-state index in [0.29, 0.717) is 11.6 Å². The summed E-state index contributed by atoms with van der Waals surface area (Å²) in [7, 11) is 0. The van der Waals surface area contributed by atoms with Crippen molar-refractivity contribution in [3.05, 3.63) is 65.2 Å². The van der Waals surface area contributed by atoms with Crippen LogP contribution in [-0.4, -0.2) is 9.97 Å². The molecule has 0 radical (unpaired) electrons. The molecule has 4 nitrogen and oxygen atoms in total. The van der Waals surface area contributed by atoms with Gasteiger partial charge in [-0.1, -0.05) is 30.0 Å². The van der Waals surface area contributed by atoms with Crippen LogP contribution in [0.1, 0.15) is 22.5 Å². The molecule has 0 fully saturated rings. The maximum atomic E-state index is 13.1. The second-order valence-electron chi connectivity index (χ2n) is 5.40. The van der Waals surface area contributed by atoms with Crippen molar-refractivity contribution in [2.24, 2.45) is 0 Å². The van der Waals surface area contributed by atoms with E-state index in [1.165, 1.54) is 13.2 Å². The van der Waals surface area contributed by atoms with E-state index in [-0.39, 0.29) is 16.5 Å². The largest absolute Gasteiger partial charge is 0.444 e. The van der Waals surface area contributed by atoms with Crippen LogP contribution in [0.4, 0.5) is 13.2 Å². The molecule has 0 N–H and O–H groups in total. The zero-order chi connectivity index (χ0) is 18.7. The van der Waals surface area contributed by atoms with Crippen LogP contribution < -0.4 is 0 Å². The van der Waals surface area contributed by atoms with Gasteiger partial charge in [0.15, 0.2) is 0 Å². The summed E-state index contributed by atoms with van der Waals surface area (Å²) in [5, 5.41) is 9.20. The van der Waals surface area contributed by atoms with E-state index < -0.39 is 17.3 Å². The van der Waals surface area contributed by atoms with Gasteiger partial charge in [-0.3, -0.25) is 0 Å². The summed E-state index contributed by atoms with van der Waals surface area (Å²) in [6, 6.07) is 11.8. The Kier molecular flexibility index (Phi) is 5.00. The summed E-state index contributed by atoms with van der Waals surface area (Å²) < 4.78 is 44.8. The molecule has 3 aromatic rings. The van der Waals surface area contributed by atoms with Crippen LogP contribution in [0, 0.1) is 18.3 Å². The van der Waals surface area contributed by atoms with Crippen molar-refractivity contribution in [1.82, 2.24) is 9.97 Å². The quantitative estimate of drug-likeness (QED) is 0.585. The highest BCUT2D eigenvalue weighted by molar-refractivity contribution is 7.98. The first-order valence-corrected chi connectivity index (χ1v) is 8.48. The maximum Gasteiger partial charge on any atom is 0.417 e. The van der Waals surface area contributed by atoms with Crippen LogP contribution in [0.15, 0.2) is 52.1 Å². The van der Waals surface area contributed by atoms with E-state index >= 15 is 0 Å². The molecular weight excluding hydrogens is 363 g/mol. The fourth-order valence-corrected chi connectivity index (χ4v) is 3.24. The average molecular weight is 375 g/mol. The lowest BCUT2D eigenvalue weighted by Crippen LogP contribution is -2.10. The molecule has 0 aliphatic rings. The summed E-state index contributed by atoms with van der Waals surface area (Å²) >= 11 is 1.02. The number of nitriles is 1. The summed E-state index contributed by atoms with van der Waals surface area (Å²) in [5.74, 6) is 0.661. The highest BCUT2D eigenvalue weighted by atomic mass is 32.2. The van der Waals surface area contributed by atoms with Crippen molar-refractivity contribution in [2.75, 3.05) is 0 Å². The monoisotopic (exact) mass is 375 g/mol. The van der Waals surface area contributed by atoms with E-state index in [1.54, 1.807) is 6.07 Å². The van der Waals surface area contributed by atoms with Gasteiger partial charge in [0.1, 0.15) is 17.4 Å².